The van der Waals surface area contributed by atoms with E-state index in [1.54, 1.807) is 16.3 Å². The molecule has 0 amide bonds. The lowest BCUT2D eigenvalue weighted by Gasteiger charge is -2.23. The normalized spacial score (nSPS) is 18.7. The van der Waals surface area contributed by atoms with E-state index in [1.165, 1.54) is 12.5 Å². The molecule has 114 valence electrons. The van der Waals surface area contributed by atoms with Gasteiger partial charge in [0.15, 0.2) is 5.03 Å². The molecular formula is C11H16N6O3S. The number of hydrogen-bond donors (Lipinski definition) is 1. The first-order valence-corrected chi connectivity index (χ1v) is 7.92. The Kier molecular flexibility index (Phi) is 3.51. The van der Waals surface area contributed by atoms with Gasteiger partial charge in [-0.3, -0.25) is 0 Å². The quantitative estimate of drug-likeness (QED) is 0.792. The first-order chi connectivity index (χ1) is 9.95. The second-order valence-corrected chi connectivity index (χ2v) is 6.68. The van der Waals surface area contributed by atoms with E-state index in [0.29, 0.717) is 13.2 Å². The Bertz CT molecular complexity index is 750. The van der Waals surface area contributed by atoms with E-state index in [1.807, 2.05) is 6.92 Å². The molecule has 0 unspecified atom stereocenters. The standard InChI is InChI=1S/C11H16N6O3S/c1-8-10-6-20-9(4-17(10)15-14-8)3-13-21(18,19)11-5-16(2)7-12-11/h5,7,9,13H,3-4,6H2,1-2H3/t9-/m1/s1. The summed E-state index contributed by atoms with van der Waals surface area (Å²) in [6.07, 6.45) is 2.61. The van der Waals surface area contributed by atoms with Gasteiger partial charge in [-0.1, -0.05) is 5.21 Å². The molecule has 0 spiro atoms. The molecule has 0 saturated heterocycles. The number of sulfonamides is 1. The van der Waals surface area contributed by atoms with Gasteiger partial charge in [0.2, 0.25) is 0 Å². The molecule has 1 N–H and O–H groups in total. The molecule has 3 heterocycles. The van der Waals surface area contributed by atoms with Crippen LogP contribution in [0.15, 0.2) is 17.6 Å². The first-order valence-electron chi connectivity index (χ1n) is 6.44. The van der Waals surface area contributed by atoms with Crippen LogP contribution >= 0.6 is 0 Å². The Morgan fingerprint density at radius 3 is 3.05 bits per heavy atom. The van der Waals surface area contributed by atoms with Crippen molar-refractivity contribution in [1.29, 1.82) is 0 Å². The molecule has 1 atom stereocenters. The number of hydrogen-bond acceptors (Lipinski definition) is 6. The van der Waals surface area contributed by atoms with Crippen molar-refractivity contribution in [2.75, 3.05) is 6.54 Å². The zero-order valence-electron chi connectivity index (χ0n) is 11.7. The van der Waals surface area contributed by atoms with Crippen molar-refractivity contribution in [3.63, 3.8) is 0 Å². The third-order valence-corrected chi connectivity index (χ3v) is 4.63. The molecule has 10 heteroatoms. The van der Waals surface area contributed by atoms with Crippen LogP contribution in [0.25, 0.3) is 0 Å². The Labute approximate surface area is 122 Å². The molecule has 0 saturated carbocycles. The van der Waals surface area contributed by atoms with Crippen molar-refractivity contribution >= 4 is 10.0 Å². The van der Waals surface area contributed by atoms with Crippen molar-refractivity contribution < 1.29 is 13.2 Å². The lowest BCUT2D eigenvalue weighted by Crippen LogP contribution is -2.39. The van der Waals surface area contributed by atoms with Crippen LogP contribution < -0.4 is 4.72 Å². The van der Waals surface area contributed by atoms with Crippen LogP contribution in [-0.2, 0) is 35.0 Å². The van der Waals surface area contributed by atoms with Crippen molar-refractivity contribution in [2.24, 2.45) is 7.05 Å². The SMILES string of the molecule is Cc1nnn2c1CO[C@H](CNS(=O)(=O)c1cn(C)cn1)C2. The van der Waals surface area contributed by atoms with Crippen LogP contribution in [0.1, 0.15) is 11.4 Å². The molecule has 0 bridgehead atoms. The number of aryl methyl sites for hydroxylation is 2. The highest BCUT2D eigenvalue weighted by Gasteiger charge is 2.25. The molecule has 9 nitrogen and oxygen atoms in total. The minimum absolute atomic E-state index is 0.00176. The molecule has 2 aromatic heterocycles. The summed E-state index contributed by atoms with van der Waals surface area (Å²) in [6.45, 7) is 2.89. The maximum Gasteiger partial charge on any atom is 0.259 e. The van der Waals surface area contributed by atoms with Crippen molar-refractivity contribution in [3.8, 4) is 0 Å². The van der Waals surface area contributed by atoms with Crippen LogP contribution in [-0.4, -0.2) is 45.6 Å². The summed E-state index contributed by atoms with van der Waals surface area (Å²) in [5.41, 5.74) is 1.77. The summed E-state index contributed by atoms with van der Waals surface area (Å²) in [5.74, 6) is 0. The molecule has 0 fully saturated rings. The highest BCUT2D eigenvalue weighted by Crippen LogP contribution is 2.15. The number of rotatable bonds is 4. The van der Waals surface area contributed by atoms with Gasteiger partial charge in [-0.05, 0) is 6.92 Å². The Morgan fingerprint density at radius 1 is 1.52 bits per heavy atom. The summed E-state index contributed by atoms with van der Waals surface area (Å²) in [4.78, 5) is 3.83. The number of aromatic nitrogens is 5. The summed E-state index contributed by atoms with van der Waals surface area (Å²) < 4.78 is 35.6. The molecular weight excluding hydrogens is 296 g/mol. The topological polar surface area (TPSA) is 104 Å². The number of imidazole rings is 1. The van der Waals surface area contributed by atoms with Crippen molar-refractivity contribution in [2.45, 2.75) is 31.2 Å². The zero-order chi connectivity index (χ0) is 15.0. The fraction of sp³-hybridized carbons (Fsp3) is 0.545. The second kappa shape index (κ2) is 5.20. The molecule has 21 heavy (non-hydrogen) atoms. The molecule has 1 aliphatic rings. The maximum absolute atomic E-state index is 12.1. The summed E-state index contributed by atoms with van der Waals surface area (Å²) >= 11 is 0. The van der Waals surface area contributed by atoms with Crippen LogP contribution in [0.2, 0.25) is 0 Å². The lowest BCUT2D eigenvalue weighted by molar-refractivity contribution is 0.00374. The summed E-state index contributed by atoms with van der Waals surface area (Å²) in [5, 5.41) is 7.98. The van der Waals surface area contributed by atoms with Gasteiger partial charge in [-0.15, -0.1) is 5.10 Å². The highest BCUT2D eigenvalue weighted by molar-refractivity contribution is 7.89. The van der Waals surface area contributed by atoms with E-state index < -0.39 is 10.0 Å². The fourth-order valence-corrected chi connectivity index (χ4v) is 3.16. The first kappa shape index (κ1) is 14.2. The Hall–Kier alpha value is -1.78. The average Bonchev–Trinajstić information content (AvgIpc) is 3.04. The van der Waals surface area contributed by atoms with Gasteiger partial charge in [0.25, 0.3) is 10.0 Å². The van der Waals surface area contributed by atoms with Gasteiger partial charge in [-0.25, -0.2) is 22.8 Å². The van der Waals surface area contributed by atoms with Gasteiger partial charge in [0.1, 0.15) is 0 Å². The minimum Gasteiger partial charge on any atom is -0.369 e. The number of fused-ring (bicyclic) bond motifs is 1. The largest absolute Gasteiger partial charge is 0.369 e. The van der Waals surface area contributed by atoms with Crippen LogP contribution in [0, 0.1) is 6.92 Å². The van der Waals surface area contributed by atoms with E-state index in [4.69, 9.17) is 4.74 Å². The molecule has 3 rings (SSSR count). The number of nitrogens with zero attached hydrogens (tertiary/aromatic N) is 5. The fourth-order valence-electron chi connectivity index (χ4n) is 2.12. The molecule has 2 aromatic rings. The van der Waals surface area contributed by atoms with E-state index in [-0.39, 0.29) is 17.7 Å². The maximum atomic E-state index is 12.1. The summed E-state index contributed by atoms with van der Waals surface area (Å²) in [7, 11) is -1.91. The van der Waals surface area contributed by atoms with Crippen LogP contribution in [0.3, 0.4) is 0 Å². The van der Waals surface area contributed by atoms with Gasteiger partial charge in [0, 0.05) is 19.8 Å². The van der Waals surface area contributed by atoms with Gasteiger partial charge >= 0.3 is 0 Å². The van der Waals surface area contributed by atoms with E-state index in [0.717, 1.165) is 11.4 Å². The number of nitrogens with one attached hydrogen (secondary N) is 1. The van der Waals surface area contributed by atoms with E-state index in [9.17, 15) is 8.42 Å². The Balaban J connectivity index is 1.64. The van der Waals surface area contributed by atoms with E-state index in [2.05, 4.69) is 20.0 Å². The molecule has 0 aliphatic carbocycles. The van der Waals surface area contributed by atoms with Crippen LogP contribution in [0.4, 0.5) is 0 Å². The predicted molar refractivity (Wildman–Crippen MR) is 71.7 cm³/mol. The van der Waals surface area contributed by atoms with Crippen molar-refractivity contribution in [3.05, 3.63) is 23.9 Å². The predicted octanol–water partition coefficient (Wildman–Crippen LogP) is -0.803. The van der Waals surface area contributed by atoms with Crippen molar-refractivity contribution in [1.82, 2.24) is 29.3 Å². The highest BCUT2D eigenvalue weighted by atomic mass is 32.2. The lowest BCUT2D eigenvalue weighted by atomic mass is 10.2. The third kappa shape index (κ3) is 2.82. The Morgan fingerprint density at radius 2 is 2.33 bits per heavy atom. The van der Waals surface area contributed by atoms with E-state index >= 15 is 0 Å². The van der Waals surface area contributed by atoms with Crippen LogP contribution in [0.5, 0.6) is 0 Å². The number of ether oxygens (including phenoxy) is 1. The molecule has 0 radical (unpaired) electrons. The van der Waals surface area contributed by atoms with Gasteiger partial charge in [0.05, 0.1) is 37.0 Å². The van der Waals surface area contributed by atoms with Gasteiger partial charge < -0.3 is 9.30 Å². The summed E-state index contributed by atoms with van der Waals surface area (Å²) in [6, 6.07) is 0. The monoisotopic (exact) mass is 312 g/mol. The molecule has 1 aliphatic heterocycles. The second-order valence-electron chi connectivity index (χ2n) is 4.97. The third-order valence-electron chi connectivity index (χ3n) is 3.32. The zero-order valence-corrected chi connectivity index (χ0v) is 12.5. The van der Waals surface area contributed by atoms with Gasteiger partial charge in [-0.2, -0.15) is 0 Å². The molecule has 0 aromatic carbocycles. The minimum atomic E-state index is -3.62. The average molecular weight is 312 g/mol. The smallest absolute Gasteiger partial charge is 0.259 e.